The standard InChI is InChI=1S/C13H25NO2/c1-12(2,3)16-11(15)10-14-13(4)8-6-5-7-9-13/h14H,5-10H2,1-4H3. The first-order valence-corrected chi connectivity index (χ1v) is 6.28. The molecule has 3 heteroatoms. The lowest BCUT2D eigenvalue weighted by Crippen LogP contribution is -2.47. The Balaban J connectivity index is 2.30. The van der Waals surface area contributed by atoms with Gasteiger partial charge in [-0.1, -0.05) is 19.3 Å². The molecule has 0 heterocycles. The molecule has 0 bridgehead atoms. The molecule has 0 radical (unpaired) electrons. The number of hydrogen-bond acceptors (Lipinski definition) is 3. The molecule has 0 aliphatic heterocycles. The molecular formula is C13H25NO2. The molecule has 1 saturated carbocycles. The van der Waals surface area contributed by atoms with Gasteiger partial charge in [-0.25, -0.2) is 0 Å². The van der Waals surface area contributed by atoms with Crippen molar-refractivity contribution < 1.29 is 9.53 Å². The number of carbonyl (C=O) groups is 1. The molecule has 0 unspecified atom stereocenters. The van der Waals surface area contributed by atoms with Gasteiger partial charge in [-0.2, -0.15) is 0 Å². The second-order valence-electron chi connectivity index (χ2n) is 6.06. The quantitative estimate of drug-likeness (QED) is 0.753. The number of esters is 1. The van der Waals surface area contributed by atoms with E-state index in [1.807, 2.05) is 20.8 Å². The lowest BCUT2D eigenvalue weighted by atomic mass is 9.83. The van der Waals surface area contributed by atoms with Crippen LogP contribution in [0.5, 0.6) is 0 Å². The second-order valence-corrected chi connectivity index (χ2v) is 6.06. The predicted molar refractivity (Wildman–Crippen MR) is 65.3 cm³/mol. The van der Waals surface area contributed by atoms with Gasteiger partial charge in [-0.3, -0.25) is 4.79 Å². The summed E-state index contributed by atoms with van der Waals surface area (Å²) in [5.74, 6) is -0.153. The lowest BCUT2D eigenvalue weighted by Gasteiger charge is -2.34. The van der Waals surface area contributed by atoms with E-state index in [-0.39, 0.29) is 17.1 Å². The monoisotopic (exact) mass is 227 g/mol. The van der Waals surface area contributed by atoms with E-state index < -0.39 is 0 Å². The van der Waals surface area contributed by atoms with E-state index in [4.69, 9.17) is 4.74 Å². The minimum atomic E-state index is -0.383. The minimum Gasteiger partial charge on any atom is -0.459 e. The van der Waals surface area contributed by atoms with Gasteiger partial charge in [0.25, 0.3) is 0 Å². The number of hydrogen-bond donors (Lipinski definition) is 1. The Kier molecular flexibility index (Phi) is 4.36. The fraction of sp³-hybridized carbons (Fsp3) is 0.923. The highest BCUT2D eigenvalue weighted by molar-refractivity contribution is 5.72. The van der Waals surface area contributed by atoms with Crippen LogP contribution in [0.4, 0.5) is 0 Å². The van der Waals surface area contributed by atoms with Gasteiger partial charge < -0.3 is 10.1 Å². The average Bonchev–Trinajstić information content (AvgIpc) is 2.14. The zero-order chi connectivity index (χ0) is 12.2. The molecule has 0 saturated heterocycles. The van der Waals surface area contributed by atoms with Crippen LogP contribution in [0.15, 0.2) is 0 Å². The van der Waals surface area contributed by atoms with Crippen molar-refractivity contribution in [3.05, 3.63) is 0 Å². The van der Waals surface area contributed by atoms with E-state index in [1.54, 1.807) is 0 Å². The molecule has 0 aromatic rings. The summed E-state index contributed by atoms with van der Waals surface area (Å²) in [6.07, 6.45) is 6.17. The van der Waals surface area contributed by atoms with Crippen LogP contribution in [0.25, 0.3) is 0 Å². The highest BCUT2D eigenvalue weighted by atomic mass is 16.6. The van der Waals surface area contributed by atoms with E-state index >= 15 is 0 Å². The molecule has 94 valence electrons. The highest BCUT2D eigenvalue weighted by Gasteiger charge is 2.27. The number of rotatable bonds is 3. The molecule has 16 heavy (non-hydrogen) atoms. The molecule has 1 N–H and O–H groups in total. The fourth-order valence-electron chi connectivity index (χ4n) is 2.17. The van der Waals surface area contributed by atoms with Crippen molar-refractivity contribution in [3.63, 3.8) is 0 Å². The molecule has 0 amide bonds. The van der Waals surface area contributed by atoms with E-state index in [0.717, 1.165) is 12.8 Å². The Labute approximate surface area is 98.9 Å². The fourth-order valence-corrected chi connectivity index (χ4v) is 2.17. The van der Waals surface area contributed by atoms with Gasteiger partial charge in [0.2, 0.25) is 0 Å². The zero-order valence-electron chi connectivity index (χ0n) is 11.1. The average molecular weight is 227 g/mol. The van der Waals surface area contributed by atoms with E-state index in [1.165, 1.54) is 19.3 Å². The van der Waals surface area contributed by atoms with Crippen LogP contribution in [0.3, 0.4) is 0 Å². The molecule has 1 aliphatic rings. The first-order valence-electron chi connectivity index (χ1n) is 6.28. The van der Waals surface area contributed by atoms with Crippen LogP contribution in [0.2, 0.25) is 0 Å². The maximum Gasteiger partial charge on any atom is 0.320 e. The molecular weight excluding hydrogens is 202 g/mol. The third-order valence-corrected chi connectivity index (χ3v) is 3.04. The maximum atomic E-state index is 11.6. The summed E-state index contributed by atoms with van der Waals surface area (Å²) in [4.78, 5) is 11.6. The van der Waals surface area contributed by atoms with E-state index in [9.17, 15) is 4.79 Å². The van der Waals surface area contributed by atoms with Crippen molar-refractivity contribution in [2.24, 2.45) is 0 Å². The number of carbonyl (C=O) groups excluding carboxylic acids is 1. The Hall–Kier alpha value is -0.570. The van der Waals surface area contributed by atoms with Crippen LogP contribution in [0.1, 0.15) is 59.8 Å². The van der Waals surface area contributed by atoms with Gasteiger partial charge in [-0.15, -0.1) is 0 Å². The highest BCUT2D eigenvalue weighted by Crippen LogP contribution is 2.27. The van der Waals surface area contributed by atoms with Gasteiger partial charge in [0.05, 0.1) is 6.54 Å². The summed E-state index contributed by atoms with van der Waals surface area (Å²) in [7, 11) is 0. The zero-order valence-corrected chi connectivity index (χ0v) is 11.1. The topological polar surface area (TPSA) is 38.3 Å². The van der Waals surface area contributed by atoms with Gasteiger partial charge in [-0.05, 0) is 40.5 Å². The van der Waals surface area contributed by atoms with Crippen molar-refractivity contribution in [1.29, 1.82) is 0 Å². The normalized spacial score (nSPS) is 20.5. The number of nitrogens with one attached hydrogen (secondary N) is 1. The molecule has 1 aliphatic carbocycles. The summed E-state index contributed by atoms with van der Waals surface area (Å²) < 4.78 is 5.27. The second kappa shape index (κ2) is 5.17. The van der Waals surface area contributed by atoms with Crippen molar-refractivity contribution >= 4 is 5.97 Å². The number of ether oxygens (including phenoxy) is 1. The van der Waals surface area contributed by atoms with Gasteiger partial charge in [0, 0.05) is 5.54 Å². The Morgan fingerprint density at radius 3 is 2.31 bits per heavy atom. The smallest absolute Gasteiger partial charge is 0.320 e. The Morgan fingerprint density at radius 1 is 1.25 bits per heavy atom. The van der Waals surface area contributed by atoms with Crippen molar-refractivity contribution in [1.82, 2.24) is 5.32 Å². The van der Waals surface area contributed by atoms with Crippen LogP contribution >= 0.6 is 0 Å². The largest absolute Gasteiger partial charge is 0.459 e. The van der Waals surface area contributed by atoms with Gasteiger partial charge in [0.1, 0.15) is 5.60 Å². The van der Waals surface area contributed by atoms with Crippen LogP contribution < -0.4 is 5.32 Å². The Morgan fingerprint density at radius 2 is 1.81 bits per heavy atom. The third-order valence-electron chi connectivity index (χ3n) is 3.04. The van der Waals surface area contributed by atoms with Crippen LogP contribution in [-0.2, 0) is 9.53 Å². The Bertz CT molecular complexity index is 237. The predicted octanol–water partition coefficient (Wildman–Crippen LogP) is 2.64. The first-order chi connectivity index (χ1) is 7.31. The van der Waals surface area contributed by atoms with Crippen molar-refractivity contribution in [2.75, 3.05) is 6.54 Å². The lowest BCUT2D eigenvalue weighted by molar-refractivity contribution is -0.154. The van der Waals surface area contributed by atoms with Gasteiger partial charge in [0.15, 0.2) is 0 Å². The van der Waals surface area contributed by atoms with Crippen molar-refractivity contribution in [2.45, 2.75) is 70.9 Å². The molecule has 0 spiro atoms. The summed E-state index contributed by atoms with van der Waals surface area (Å²) in [5, 5.41) is 3.35. The van der Waals surface area contributed by atoms with E-state index in [2.05, 4.69) is 12.2 Å². The summed E-state index contributed by atoms with van der Waals surface area (Å²) in [5.41, 5.74) is -0.249. The summed E-state index contributed by atoms with van der Waals surface area (Å²) >= 11 is 0. The van der Waals surface area contributed by atoms with Crippen LogP contribution in [0, 0.1) is 0 Å². The molecule has 0 aromatic carbocycles. The molecule has 0 atom stereocenters. The molecule has 1 rings (SSSR count). The SMILES string of the molecule is CC1(NCC(=O)OC(C)(C)C)CCCCC1. The molecule has 1 fully saturated rings. The van der Waals surface area contributed by atoms with Gasteiger partial charge >= 0.3 is 5.97 Å². The summed E-state index contributed by atoms with van der Waals surface area (Å²) in [6.45, 7) is 8.22. The van der Waals surface area contributed by atoms with E-state index in [0.29, 0.717) is 6.54 Å². The van der Waals surface area contributed by atoms with Crippen molar-refractivity contribution in [3.8, 4) is 0 Å². The molecule has 3 nitrogen and oxygen atoms in total. The molecule has 0 aromatic heterocycles. The maximum absolute atomic E-state index is 11.6. The summed E-state index contributed by atoms with van der Waals surface area (Å²) in [6, 6.07) is 0. The third kappa shape index (κ3) is 4.97. The minimum absolute atomic E-state index is 0.134. The van der Waals surface area contributed by atoms with Crippen LogP contribution in [-0.4, -0.2) is 23.7 Å². The first kappa shape index (κ1) is 13.5.